The van der Waals surface area contributed by atoms with E-state index in [2.05, 4.69) is 5.32 Å². The Bertz CT molecular complexity index is 562. The smallest absolute Gasteiger partial charge is 0.311 e. The summed E-state index contributed by atoms with van der Waals surface area (Å²) in [5, 5.41) is 14.3. The zero-order valence-electron chi connectivity index (χ0n) is 12.9. The number of rotatable bonds is 5. The summed E-state index contributed by atoms with van der Waals surface area (Å²) in [6, 6.07) is 4.66. The topological polar surface area (TPSA) is 84.7 Å². The molecule has 0 radical (unpaired) electrons. The van der Waals surface area contributed by atoms with Gasteiger partial charge in [-0.3, -0.25) is 14.9 Å². The van der Waals surface area contributed by atoms with Crippen molar-refractivity contribution >= 4 is 11.6 Å². The van der Waals surface area contributed by atoms with Gasteiger partial charge in [-0.15, -0.1) is 0 Å². The standard InChI is InChI=1S/C15H21N3O4/c1-3-22-14-7-6-11(9-13(14)18(20)21)15(19)17-8-4-5-12(10-17)16-2/h6-7,9,12,16H,3-5,8,10H2,1-2H3. The molecular formula is C15H21N3O4. The van der Waals surface area contributed by atoms with Gasteiger partial charge in [0.15, 0.2) is 5.75 Å². The monoisotopic (exact) mass is 307 g/mol. The van der Waals surface area contributed by atoms with E-state index < -0.39 is 4.92 Å². The number of amides is 1. The molecule has 1 aliphatic rings. The lowest BCUT2D eigenvalue weighted by Gasteiger charge is -2.32. The van der Waals surface area contributed by atoms with E-state index in [4.69, 9.17) is 4.74 Å². The number of carbonyl (C=O) groups is 1. The van der Waals surface area contributed by atoms with Gasteiger partial charge in [0.2, 0.25) is 0 Å². The molecule has 1 aromatic rings. The van der Waals surface area contributed by atoms with Crippen LogP contribution in [-0.4, -0.2) is 48.5 Å². The van der Waals surface area contributed by atoms with Crippen LogP contribution in [0.25, 0.3) is 0 Å². The van der Waals surface area contributed by atoms with E-state index in [1.165, 1.54) is 12.1 Å². The summed E-state index contributed by atoms with van der Waals surface area (Å²) in [5.41, 5.74) is 0.154. The van der Waals surface area contributed by atoms with Crippen LogP contribution < -0.4 is 10.1 Å². The van der Waals surface area contributed by atoms with Gasteiger partial charge in [-0.1, -0.05) is 0 Å². The van der Waals surface area contributed by atoms with Crippen LogP contribution in [0.3, 0.4) is 0 Å². The summed E-state index contributed by atoms with van der Waals surface area (Å²) >= 11 is 0. The molecule has 1 N–H and O–H groups in total. The Labute approximate surface area is 129 Å². The summed E-state index contributed by atoms with van der Waals surface area (Å²) in [6.45, 7) is 3.40. The highest BCUT2D eigenvalue weighted by Gasteiger charge is 2.25. The van der Waals surface area contributed by atoms with Crippen molar-refractivity contribution in [2.75, 3.05) is 26.7 Å². The van der Waals surface area contributed by atoms with Crippen LogP contribution in [0.4, 0.5) is 5.69 Å². The molecule has 0 aromatic heterocycles. The van der Waals surface area contributed by atoms with E-state index in [-0.39, 0.29) is 23.4 Å². The molecule has 1 saturated heterocycles. The Morgan fingerprint density at radius 1 is 1.55 bits per heavy atom. The molecule has 1 fully saturated rings. The van der Waals surface area contributed by atoms with Crippen molar-refractivity contribution in [3.63, 3.8) is 0 Å². The molecule has 1 aromatic carbocycles. The second kappa shape index (κ2) is 7.22. The maximum absolute atomic E-state index is 12.5. The number of ether oxygens (including phenoxy) is 1. The molecule has 7 heteroatoms. The van der Waals surface area contributed by atoms with Gasteiger partial charge in [-0.2, -0.15) is 0 Å². The van der Waals surface area contributed by atoms with Gasteiger partial charge in [-0.25, -0.2) is 0 Å². The molecule has 0 saturated carbocycles. The van der Waals surface area contributed by atoms with Crippen molar-refractivity contribution in [3.05, 3.63) is 33.9 Å². The first-order valence-corrected chi connectivity index (χ1v) is 7.44. The van der Waals surface area contributed by atoms with Crippen LogP contribution in [0, 0.1) is 10.1 Å². The number of nitrogens with one attached hydrogen (secondary N) is 1. The van der Waals surface area contributed by atoms with E-state index >= 15 is 0 Å². The molecular weight excluding hydrogens is 286 g/mol. The van der Waals surface area contributed by atoms with E-state index in [1.54, 1.807) is 17.9 Å². The third-order valence-electron chi connectivity index (χ3n) is 3.82. The van der Waals surface area contributed by atoms with Gasteiger partial charge in [0.1, 0.15) is 0 Å². The first-order chi connectivity index (χ1) is 10.6. The van der Waals surface area contributed by atoms with Crippen molar-refractivity contribution < 1.29 is 14.5 Å². The number of nitro groups is 1. The van der Waals surface area contributed by atoms with Crippen molar-refractivity contribution in [2.24, 2.45) is 0 Å². The maximum Gasteiger partial charge on any atom is 0.311 e. The summed E-state index contributed by atoms with van der Waals surface area (Å²) in [4.78, 5) is 24.9. The quantitative estimate of drug-likeness (QED) is 0.662. The van der Waals surface area contributed by atoms with Crippen molar-refractivity contribution in [1.29, 1.82) is 0 Å². The van der Waals surface area contributed by atoms with Gasteiger partial charge in [0, 0.05) is 30.8 Å². The van der Waals surface area contributed by atoms with E-state index in [0.717, 1.165) is 12.8 Å². The largest absolute Gasteiger partial charge is 0.487 e. The van der Waals surface area contributed by atoms with E-state index in [1.807, 2.05) is 7.05 Å². The number of benzene rings is 1. The minimum atomic E-state index is -0.519. The molecule has 1 unspecified atom stereocenters. The van der Waals surface area contributed by atoms with Crippen molar-refractivity contribution in [2.45, 2.75) is 25.8 Å². The van der Waals surface area contributed by atoms with Gasteiger partial charge in [-0.05, 0) is 38.9 Å². The summed E-state index contributed by atoms with van der Waals surface area (Å²) in [6.07, 6.45) is 1.96. The first kappa shape index (κ1) is 16.2. The summed E-state index contributed by atoms with van der Waals surface area (Å²) in [5.74, 6) is 0.0156. The number of carbonyl (C=O) groups excluding carboxylic acids is 1. The number of nitrogens with zero attached hydrogens (tertiary/aromatic N) is 2. The second-order valence-electron chi connectivity index (χ2n) is 5.25. The van der Waals surface area contributed by atoms with Crippen LogP contribution in [0.5, 0.6) is 5.75 Å². The number of nitro benzene ring substituents is 1. The lowest BCUT2D eigenvalue weighted by molar-refractivity contribution is -0.385. The molecule has 1 heterocycles. The molecule has 1 aliphatic heterocycles. The summed E-state index contributed by atoms with van der Waals surface area (Å²) < 4.78 is 5.24. The van der Waals surface area contributed by atoms with Crippen LogP contribution in [0.15, 0.2) is 18.2 Å². The van der Waals surface area contributed by atoms with Gasteiger partial charge in [0.05, 0.1) is 11.5 Å². The third-order valence-corrected chi connectivity index (χ3v) is 3.82. The Morgan fingerprint density at radius 2 is 2.32 bits per heavy atom. The van der Waals surface area contributed by atoms with Gasteiger partial charge >= 0.3 is 5.69 Å². The van der Waals surface area contributed by atoms with Gasteiger partial charge in [0.25, 0.3) is 5.91 Å². The number of likely N-dealkylation sites (N-methyl/N-ethyl adjacent to an activating group) is 1. The Kier molecular flexibility index (Phi) is 5.32. The molecule has 7 nitrogen and oxygen atoms in total. The fourth-order valence-electron chi connectivity index (χ4n) is 2.65. The molecule has 0 aliphatic carbocycles. The normalized spacial score (nSPS) is 18.1. The number of likely N-dealkylation sites (tertiary alicyclic amines) is 1. The van der Waals surface area contributed by atoms with Crippen LogP contribution in [0.2, 0.25) is 0 Å². The Morgan fingerprint density at radius 3 is 2.95 bits per heavy atom. The van der Waals surface area contributed by atoms with Crippen LogP contribution >= 0.6 is 0 Å². The minimum Gasteiger partial charge on any atom is -0.487 e. The number of hydrogen-bond acceptors (Lipinski definition) is 5. The molecule has 22 heavy (non-hydrogen) atoms. The predicted octanol–water partition coefficient (Wildman–Crippen LogP) is 1.82. The van der Waals surface area contributed by atoms with E-state index in [0.29, 0.717) is 25.3 Å². The molecule has 0 bridgehead atoms. The third kappa shape index (κ3) is 3.54. The number of piperidine rings is 1. The SMILES string of the molecule is CCOc1ccc(C(=O)N2CCCC(NC)C2)cc1[N+](=O)[O-]. The molecule has 1 atom stereocenters. The molecule has 1 amide bonds. The first-order valence-electron chi connectivity index (χ1n) is 7.44. The fraction of sp³-hybridized carbons (Fsp3) is 0.533. The average Bonchev–Trinajstić information content (AvgIpc) is 2.54. The van der Waals surface area contributed by atoms with E-state index in [9.17, 15) is 14.9 Å². The summed E-state index contributed by atoms with van der Waals surface area (Å²) in [7, 11) is 1.88. The Hall–Kier alpha value is -2.15. The highest BCUT2D eigenvalue weighted by Crippen LogP contribution is 2.28. The van der Waals surface area contributed by atoms with Crippen LogP contribution in [0.1, 0.15) is 30.1 Å². The molecule has 2 rings (SSSR count). The lowest BCUT2D eigenvalue weighted by Crippen LogP contribution is -2.46. The lowest BCUT2D eigenvalue weighted by atomic mass is 10.0. The zero-order chi connectivity index (χ0) is 16.1. The minimum absolute atomic E-state index is 0.171. The van der Waals surface area contributed by atoms with Crippen molar-refractivity contribution in [3.8, 4) is 5.75 Å². The fourth-order valence-corrected chi connectivity index (χ4v) is 2.65. The molecule has 0 spiro atoms. The van der Waals surface area contributed by atoms with Crippen molar-refractivity contribution in [1.82, 2.24) is 10.2 Å². The highest BCUT2D eigenvalue weighted by atomic mass is 16.6. The average molecular weight is 307 g/mol. The van der Waals surface area contributed by atoms with Crippen LogP contribution in [-0.2, 0) is 0 Å². The maximum atomic E-state index is 12.5. The second-order valence-corrected chi connectivity index (χ2v) is 5.25. The van der Waals surface area contributed by atoms with Gasteiger partial charge < -0.3 is 15.0 Å². The Balaban J connectivity index is 2.22. The predicted molar refractivity (Wildman–Crippen MR) is 82.3 cm³/mol. The zero-order valence-corrected chi connectivity index (χ0v) is 12.9. The highest BCUT2D eigenvalue weighted by molar-refractivity contribution is 5.95. The molecule has 120 valence electrons. The number of hydrogen-bond donors (Lipinski definition) is 1.